The summed E-state index contributed by atoms with van der Waals surface area (Å²) in [6.07, 6.45) is 20.8. The molecule has 7 N–H and O–H groups in total. The Kier molecular flexibility index (Phi) is 22.5. The number of hydrogen-bond donors (Lipinski definition) is 5. The summed E-state index contributed by atoms with van der Waals surface area (Å²) < 4.78 is 0. The first kappa shape index (κ1) is 33.3. The Bertz CT molecular complexity index is 343. The van der Waals surface area contributed by atoms with Crippen LogP contribution in [0.25, 0.3) is 0 Å². The number of hydrogen-bond acceptors (Lipinski definition) is 5. The second-order valence-corrected chi connectivity index (χ2v) is 8.52. The fourth-order valence-corrected chi connectivity index (χ4v) is 3.67. The van der Waals surface area contributed by atoms with Gasteiger partial charge in [0.25, 0.3) is 5.97 Å². The van der Waals surface area contributed by atoms with E-state index in [2.05, 4.69) is 6.92 Å². The number of aliphatic hydroxyl groups is 3. The van der Waals surface area contributed by atoms with Crippen molar-refractivity contribution >= 4 is 0 Å². The SMILES string of the molecule is CCCCCCCCCCCCCCCCCCC(N)(C(C)N)C(O)(O)O.F.F. The van der Waals surface area contributed by atoms with Crippen molar-refractivity contribution in [2.24, 2.45) is 11.5 Å². The lowest BCUT2D eigenvalue weighted by atomic mass is 9.84. The van der Waals surface area contributed by atoms with E-state index >= 15 is 0 Å². The van der Waals surface area contributed by atoms with Gasteiger partial charge in [-0.1, -0.05) is 110 Å². The van der Waals surface area contributed by atoms with E-state index in [1.54, 1.807) is 6.92 Å². The topological polar surface area (TPSA) is 113 Å². The Morgan fingerprint density at radius 1 is 0.621 bits per heavy atom. The minimum absolute atomic E-state index is 0. The first-order valence-electron chi connectivity index (χ1n) is 11.5. The van der Waals surface area contributed by atoms with Gasteiger partial charge in [-0.05, 0) is 13.3 Å². The first-order valence-corrected chi connectivity index (χ1v) is 11.5. The van der Waals surface area contributed by atoms with Gasteiger partial charge in [-0.15, -0.1) is 0 Å². The summed E-state index contributed by atoms with van der Waals surface area (Å²) in [5.41, 5.74) is 10.0. The second kappa shape index (κ2) is 19.6. The molecule has 0 aliphatic carbocycles. The zero-order valence-corrected chi connectivity index (χ0v) is 18.9. The van der Waals surface area contributed by atoms with Crippen molar-refractivity contribution in [1.82, 2.24) is 0 Å². The summed E-state index contributed by atoms with van der Waals surface area (Å²) in [6.45, 7) is 3.85. The molecule has 0 rings (SSSR count). The molecule has 0 amide bonds. The molecule has 2 atom stereocenters. The van der Waals surface area contributed by atoms with E-state index in [9.17, 15) is 15.3 Å². The maximum Gasteiger partial charge on any atom is 0.296 e. The van der Waals surface area contributed by atoms with Crippen LogP contribution in [0.15, 0.2) is 0 Å². The molecule has 180 valence electrons. The summed E-state index contributed by atoms with van der Waals surface area (Å²) in [5.74, 6) is -2.93. The van der Waals surface area contributed by atoms with Gasteiger partial charge in [0.2, 0.25) is 0 Å². The minimum atomic E-state index is -2.93. The summed E-state index contributed by atoms with van der Waals surface area (Å²) in [7, 11) is 0. The first-order chi connectivity index (χ1) is 12.8. The lowest BCUT2D eigenvalue weighted by molar-refractivity contribution is -0.352. The molecule has 0 aliphatic rings. The van der Waals surface area contributed by atoms with Gasteiger partial charge in [0, 0.05) is 6.04 Å². The molecule has 0 aromatic carbocycles. The van der Waals surface area contributed by atoms with Crippen molar-refractivity contribution < 1.29 is 24.7 Å². The van der Waals surface area contributed by atoms with Crippen molar-refractivity contribution in [3.05, 3.63) is 0 Å². The molecule has 5 nitrogen and oxygen atoms in total. The van der Waals surface area contributed by atoms with E-state index in [0.29, 0.717) is 6.42 Å². The van der Waals surface area contributed by atoms with Gasteiger partial charge in [-0.2, -0.15) is 0 Å². The molecule has 0 saturated carbocycles. The van der Waals surface area contributed by atoms with Gasteiger partial charge in [-0.3, -0.25) is 9.41 Å². The highest BCUT2D eigenvalue weighted by atomic mass is 19.0. The number of halogens is 2. The van der Waals surface area contributed by atoms with Crippen LogP contribution in [0.1, 0.15) is 123 Å². The second-order valence-electron chi connectivity index (χ2n) is 8.52. The lowest BCUT2D eigenvalue weighted by Gasteiger charge is -2.39. The molecule has 7 heteroatoms. The van der Waals surface area contributed by atoms with Gasteiger partial charge < -0.3 is 26.8 Å². The molecule has 0 saturated heterocycles. The van der Waals surface area contributed by atoms with E-state index in [0.717, 1.165) is 19.3 Å². The van der Waals surface area contributed by atoms with Crippen LogP contribution < -0.4 is 11.5 Å². The smallest absolute Gasteiger partial charge is 0.296 e. The predicted molar refractivity (Wildman–Crippen MR) is 119 cm³/mol. The van der Waals surface area contributed by atoms with Crippen LogP contribution in [0.4, 0.5) is 9.41 Å². The Hall–Kier alpha value is -0.340. The highest BCUT2D eigenvalue weighted by molar-refractivity contribution is 4.97. The van der Waals surface area contributed by atoms with Crippen molar-refractivity contribution in [3.8, 4) is 0 Å². The summed E-state index contributed by atoms with van der Waals surface area (Å²) >= 11 is 0. The van der Waals surface area contributed by atoms with E-state index in [1.165, 1.54) is 83.5 Å². The molecule has 0 aromatic rings. The van der Waals surface area contributed by atoms with Crippen LogP contribution in [0.3, 0.4) is 0 Å². The number of rotatable bonds is 19. The Balaban J connectivity index is -0.00000338. The van der Waals surface area contributed by atoms with Gasteiger partial charge in [0.1, 0.15) is 5.54 Å². The third-order valence-corrected chi connectivity index (χ3v) is 5.88. The molecule has 0 aromatic heterocycles. The molecule has 0 bridgehead atoms. The van der Waals surface area contributed by atoms with E-state index in [1.807, 2.05) is 0 Å². The molecular formula is C22H50F2N2O3. The van der Waals surface area contributed by atoms with Crippen LogP contribution in [-0.4, -0.2) is 32.9 Å². The predicted octanol–water partition coefficient (Wildman–Crippen LogP) is 4.62. The van der Waals surface area contributed by atoms with E-state index in [4.69, 9.17) is 11.5 Å². The van der Waals surface area contributed by atoms with Crippen molar-refractivity contribution in [1.29, 1.82) is 0 Å². The van der Waals surface area contributed by atoms with Crippen molar-refractivity contribution in [3.63, 3.8) is 0 Å². The monoisotopic (exact) mass is 428 g/mol. The highest BCUT2D eigenvalue weighted by Gasteiger charge is 2.47. The fourth-order valence-electron chi connectivity index (χ4n) is 3.67. The molecule has 29 heavy (non-hydrogen) atoms. The average molecular weight is 429 g/mol. The fraction of sp³-hybridized carbons (Fsp3) is 1.00. The highest BCUT2D eigenvalue weighted by Crippen LogP contribution is 2.25. The van der Waals surface area contributed by atoms with Gasteiger partial charge >= 0.3 is 0 Å². The number of nitrogens with two attached hydrogens (primary N) is 2. The molecule has 2 unspecified atom stereocenters. The normalized spacial score (nSPS) is 14.6. The van der Waals surface area contributed by atoms with Crippen LogP contribution in [-0.2, 0) is 0 Å². The zero-order chi connectivity index (χ0) is 20.6. The number of unbranched alkanes of at least 4 members (excludes halogenated alkanes) is 15. The maximum absolute atomic E-state index is 9.44. The maximum atomic E-state index is 9.44. The molecule has 0 aliphatic heterocycles. The minimum Gasteiger partial charge on any atom is -0.342 e. The van der Waals surface area contributed by atoms with E-state index < -0.39 is 17.6 Å². The molecule has 0 spiro atoms. The molecule has 0 heterocycles. The van der Waals surface area contributed by atoms with Gasteiger partial charge in [0.15, 0.2) is 0 Å². The summed E-state index contributed by atoms with van der Waals surface area (Å²) in [4.78, 5) is 0. The Labute approximate surface area is 177 Å². The quantitative estimate of drug-likeness (QED) is 0.152. The van der Waals surface area contributed by atoms with Crippen molar-refractivity contribution in [2.75, 3.05) is 0 Å². The van der Waals surface area contributed by atoms with Gasteiger partial charge in [0.05, 0.1) is 0 Å². The van der Waals surface area contributed by atoms with Gasteiger partial charge in [-0.25, -0.2) is 0 Å². The van der Waals surface area contributed by atoms with E-state index in [-0.39, 0.29) is 9.41 Å². The largest absolute Gasteiger partial charge is 0.342 e. The van der Waals surface area contributed by atoms with Crippen LogP contribution in [0.5, 0.6) is 0 Å². The Morgan fingerprint density at radius 3 is 1.14 bits per heavy atom. The van der Waals surface area contributed by atoms with Crippen LogP contribution in [0.2, 0.25) is 0 Å². The van der Waals surface area contributed by atoms with Crippen LogP contribution >= 0.6 is 0 Å². The third kappa shape index (κ3) is 16.1. The average Bonchev–Trinajstić information content (AvgIpc) is 2.60. The summed E-state index contributed by atoms with van der Waals surface area (Å²) in [6, 6.07) is -0.700. The molecular weight excluding hydrogens is 378 g/mol. The van der Waals surface area contributed by atoms with Crippen LogP contribution in [0, 0.1) is 0 Å². The Morgan fingerprint density at radius 2 is 0.897 bits per heavy atom. The molecule has 0 radical (unpaired) electrons. The third-order valence-electron chi connectivity index (χ3n) is 5.88. The lowest BCUT2D eigenvalue weighted by Crippen LogP contribution is -2.68. The summed E-state index contributed by atoms with van der Waals surface area (Å²) in [5, 5.41) is 28.3. The zero-order valence-electron chi connectivity index (χ0n) is 18.9. The standard InChI is InChI=1S/C22H48N2O3.2FH/c1-3-4-5-6-7-8-9-10-11-12-13-14-15-16-17-18-19-21(24,20(2)23)22(25,26)27;;/h20,25-27H,3-19,23-24H2,1-2H3;2*1H. The molecule has 0 fully saturated rings. The van der Waals surface area contributed by atoms with Crippen molar-refractivity contribution in [2.45, 2.75) is 141 Å².